The number of carbonyl (C=O) groups is 2. The Hall–Kier alpha value is -3.23. The number of hydrogen-bond acceptors (Lipinski definition) is 5. The van der Waals surface area contributed by atoms with Crippen molar-refractivity contribution >= 4 is 23.5 Å². The monoisotopic (exact) mass is 456 g/mol. The maximum atomic E-state index is 12.6. The van der Waals surface area contributed by atoms with Crippen LogP contribution in [0.5, 0.6) is 0 Å². The molecule has 3 aromatic rings. The van der Waals surface area contributed by atoms with E-state index in [4.69, 9.17) is 11.6 Å². The quantitative estimate of drug-likeness (QED) is 0.370. The normalized spacial score (nSPS) is 13.8. The van der Waals surface area contributed by atoms with Gasteiger partial charge in [0.2, 0.25) is 0 Å². The average Bonchev–Trinajstić information content (AvgIpc) is 3.30. The number of nitrogens with one attached hydrogen (secondary N) is 2. The van der Waals surface area contributed by atoms with Crippen molar-refractivity contribution in [3.63, 3.8) is 0 Å². The largest absolute Gasteiger partial charge is 0.481 e. The van der Waals surface area contributed by atoms with Crippen LogP contribution >= 0.6 is 11.6 Å². The second-order valence-electron chi connectivity index (χ2n) is 7.95. The lowest BCUT2D eigenvalue weighted by Crippen LogP contribution is -2.43. The van der Waals surface area contributed by atoms with Crippen molar-refractivity contribution in [3.8, 4) is 11.1 Å². The van der Waals surface area contributed by atoms with Crippen LogP contribution in [0.15, 0.2) is 54.7 Å². The molecular weight excluding hydrogens is 432 g/mol. The molecule has 0 bridgehead atoms. The van der Waals surface area contributed by atoms with Crippen molar-refractivity contribution in [2.75, 3.05) is 6.61 Å². The molecule has 0 spiro atoms. The van der Waals surface area contributed by atoms with Crippen LogP contribution in [0.2, 0.25) is 5.02 Å². The number of aromatic amines is 1. The molecule has 2 aromatic carbocycles. The van der Waals surface area contributed by atoms with Gasteiger partial charge in [0.15, 0.2) is 5.69 Å². The predicted octanol–water partition coefficient (Wildman–Crippen LogP) is 3.33. The summed E-state index contributed by atoms with van der Waals surface area (Å²) in [5.74, 6) is -1.48. The number of aliphatic hydroxyl groups excluding tert-OH is 1. The number of hydrogen-bond donors (Lipinski definition) is 4. The molecule has 0 aliphatic heterocycles. The molecule has 3 rings (SSSR count). The molecule has 4 N–H and O–H groups in total. The molecule has 1 aromatic heterocycles. The molecule has 0 radical (unpaired) electrons. The van der Waals surface area contributed by atoms with E-state index in [-0.39, 0.29) is 25.1 Å². The Kier molecular flexibility index (Phi) is 7.61. The number of carbonyl (C=O) groups excluding carboxylic acids is 1. The van der Waals surface area contributed by atoms with E-state index in [9.17, 15) is 19.8 Å². The number of aliphatic carboxylic acids is 1. The number of nitrogens with zero attached hydrogens (tertiary/aromatic N) is 2. The molecule has 168 valence electrons. The van der Waals surface area contributed by atoms with Gasteiger partial charge in [0.05, 0.1) is 11.6 Å². The number of H-pyrrole nitrogens is 1. The highest BCUT2D eigenvalue weighted by Crippen LogP contribution is 2.30. The minimum atomic E-state index is -1.20. The second kappa shape index (κ2) is 10.4. The number of rotatable bonds is 10. The number of aromatic nitrogens is 3. The predicted molar refractivity (Wildman–Crippen MR) is 120 cm³/mol. The molecule has 32 heavy (non-hydrogen) atoms. The Morgan fingerprint density at radius 1 is 1.19 bits per heavy atom. The van der Waals surface area contributed by atoms with E-state index in [1.807, 2.05) is 48.5 Å². The van der Waals surface area contributed by atoms with Gasteiger partial charge in [-0.2, -0.15) is 0 Å². The van der Waals surface area contributed by atoms with E-state index in [1.54, 1.807) is 6.92 Å². The maximum Gasteiger partial charge on any atom is 0.309 e. The van der Waals surface area contributed by atoms with Crippen LogP contribution in [-0.2, 0) is 11.2 Å². The highest BCUT2D eigenvalue weighted by Gasteiger charge is 2.36. The minimum absolute atomic E-state index is 0.0735. The standard InChI is InChI=1S/C23H25ClN4O4/c1-23(10-11-29,22(31)32)13-17(26-21(30)20-14-25-28-27-20)12-15-6-8-16(9-7-15)18-4-2-3-5-19(18)24/h2-9,14,17,29H,10-13H2,1H3,(H,26,30)(H,31,32)(H,25,27,28)/t17-,23?/m1/s1. The lowest BCUT2D eigenvalue weighted by atomic mass is 9.79. The van der Waals surface area contributed by atoms with Crippen LogP contribution in [-0.4, -0.2) is 50.1 Å². The summed E-state index contributed by atoms with van der Waals surface area (Å²) >= 11 is 6.28. The first-order valence-electron chi connectivity index (χ1n) is 10.2. The van der Waals surface area contributed by atoms with Crippen molar-refractivity contribution < 1.29 is 19.8 Å². The van der Waals surface area contributed by atoms with E-state index in [2.05, 4.69) is 20.7 Å². The van der Waals surface area contributed by atoms with Crippen LogP contribution in [0.4, 0.5) is 0 Å². The minimum Gasteiger partial charge on any atom is -0.481 e. The highest BCUT2D eigenvalue weighted by atomic mass is 35.5. The molecule has 2 atom stereocenters. The molecule has 0 saturated heterocycles. The summed E-state index contributed by atoms with van der Waals surface area (Å²) in [6.07, 6.45) is 1.98. The molecule has 0 aliphatic carbocycles. The number of aliphatic hydroxyl groups is 1. The zero-order valence-electron chi connectivity index (χ0n) is 17.6. The van der Waals surface area contributed by atoms with Gasteiger partial charge in [-0.05, 0) is 43.4 Å². The number of amides is 1. The number of benzene rings is 2. The van der Waals surface area contributed by atoms with Crippen LogP contribution in [0.1, 0.15) is 35.8 Å². The third-order valence-electron chi connectivity index (χ3n) is 5.48. The van der Waals surface area contributed by atoms with Crippen molar-refractivity contribution in [1.29, 1.82) is 0 Å². The average molecular weight is 457 g/mol. The first kappa shape index (κ1) is 23.4. The molecule has 1 amide bonds. The Morgan fingerprint density at radius 3 is 2.50 bits per heavy atom. The van der Waals surface area contributed by atoms with Crippen molar-refractivity contribution in [2.24, 2.45) is 5.41 Å². The third-order valence-corrected chi connectivity index (χ3v) is 5.81. The topological polar surface area (TPSA) is 128 Å². The van der Waals surface area contributed by atoms with Crippen LogP contribution in [0, 0.1) is 5.41 Å². The zero-order valence-corrected chi connectivity index (χ0v) is 18.3. The summed E-state index contributed by atoms with van der Waals surface area (Å²) in [7, 11) is 0. The number of carboxylic acids is 1. The molecule has 1 unspecified atom stereocenters. The van der Waals surface area contributed by atoms with E-state index in [1.165, 1.54) is 6.20 Å². The summed E-state index contributed by atoms with van der Waals surface area (Å²) in [4.78, 5) is 24.4. The van der Waals surface area contributed by atoms with Gasteiger partial charge in [-0.3, -0.25) is 14.7 Å². The Morgan fingerprint density at radius 2 is 1.91 bits per heavy atom. The zero-order chi connectivity index (χ0) is 23.1. The smallest absolute Gasteiger partial charge is 0.309 e. The summed E-state index contributed by atoms with van der Waals surface area (Å²) in [6.45, 7) is 1.31. The fourth-order valence-corrected chi connectivity index (χ4v) is 3.88. The molecule has 0 fully saturated rings. The molecule has 9 heteroatoms. The van der Waals surface area contributed by atoms with Crippen molar-refractivity contribution in [3.05, 3.63) is 71.0 Å². The lowest BCUT2D eigenvalue weighted by Gasteiger charge is -2.29. The van der Waals surface area contributed by atoms with E-state index in [0.717, 1.165) is 16.7 Å². The van der Waals surface area contributed by atoms with Gasteiger partial charge in [-0.15, -0.1) is 5.10 Å². The first-order valence-corrected chi connectivity index (χ1v) is 10.6. The van der Waals surface area contributed by atoms with Gasteiger partial charge in [0, 0.05) is 23.2 Å². The van der Waals surface area contributed by atoms with Crippen LogP contribution in [0.3, 0.4) is 0 Å². The molecular formula is C23H25ClN4O4. The van der Waals surface area contributed by atoms with E-state index >= 15 is 0 Å². The van der Waals surface area contributed by atoms with Crippen LogP contribution in [0.25, 0.3) is 11.1 Å². The third kappa shape index (κ3) is 5.72. The van der Waals surface area contributed by atoms with Gasteiger partial charge in [0.25, 0.3) is 5.91 Å². The van der Waals surface area contributed by atoms with Crippen molar-refractivity contribution in [1.82, 2.24) is 20.7 Å². The Balaban J connectivity index is 1.82. The number of carboxylic acid groups (broad SMARTS) is 1. The molecule has 8 nitrogen and oxygen atoms in total. The van der Waals surface area contributed by atoms with E-state index in [0.29, 0.717) is 11.4 Å². The van der Waals surface area contributed by atoms with Gasteiger partial charge in [-0.1, -0.05) is 59.3 Å². The molecule has 1 heterocycles. The van der Waals surface area contributed by atoms with Gasteiger partial charge in [-0.25, -0.2) is 0 Å². The van der Waals surface area contributed by atoms with Crippen LogP contribution < -0.4 is 5.32 Å². The lowest BCUT2D eigenvalue weighted by molar-refractivity contribution is -0.149. The fraction of sp³-hybridized carbons (Fsp3) is 0.304. The molecule has 0 aliphatic rings. The van der Waals surface area contributed by atoms with Crippen molar-refractivity contribution in [2.45, 2.75) is 32.2 Å². The van der Waals surface area contributed by atoms with Gasteiger partial charge in [0.1, 0.15) is 0 Å². The summed E-state index contributed by atoms with van der Waals surface area (Å²) in [5, 5.41) is 32.3. The maximum absolute atomic E-state index is 12.6. The van der Waals surface area contributed by atoms with E-state index < -0.39 is 23.3 Å². The summed E-state index contributed by atoms with van der Waals surface area (Å²) < 4.78 is 0. The summed E-state index contributed by atoms with van der Waals surface area (Å²) in [6, 6.07) is 14.8. The number of halogens is 1. The molecule has 0 saturated carbocycles. The fourth-order valence-electron chi connectivity index (χ4n) is 3.63. The second-order valence-corrected chi connectivity index (χ2v) is 8.36. The highest BCUT2D eigenvalue weighted by molar-refractivity contribution is 6.33. The van der Waals surface area contributed by atoms with Gasteiger partial charge >= 0.3 is 5.97 Å². The van der Waals surface area contributed by atoms with Gasteiger partial charge < -0.3 is 15.5 Å². The SMILES string of the molecule is CC(CCO)(C[C@@H](Cc1ccc(-c2ccccc2Cl)cc1)NC(=O)c1c[nH]nn1)C(=O)O. The Labute approximate surface area is 190 Å². The summed E-state index contributed by atoms with van der Waals surface area (Å²) in [5.41, 5.74) is 1.70. The first-order chi connectivity index (χ1) is 15.3. The Bertz CT molecular complexity index is 1060.